The first-order chi connectivity index (χ1) is 6.66. The van der Waals surface area contributed by atoms with Crippen LogP contribution in [0.4, 0.5) is 0 Å². The highest BCUT2D eigenvalue weighted by Crippen LogP contribution is 2.53. The van der Waals surface area contributed by atoms with E-state index in [0.29, 0.717) is 24.7 Å². The first-order valence-electron chi connectivity index (χ1n) is 5.23. The zero-order chi connectivity index (χ0) is 9.87. The Balaban J connectivity index is 1.80. The van der Waals surface area contributed by atoms with Gasteiger partial charge in [0.2, 0.25) is 0 Å². The molecular weight excluding hydrogens is 184 g/mol. The Morgan fingerprint density at radius 1 is 1.21 bits per heavy atom. The number of hydrogen-bond donors (Lipinski definition) is 2. The van der Waals surface area contributed by atoms with Crippen molar-refractivity contribution in [3.05, 3.63) is 0 Å². The second-order valence-corrected chi connectivity index (χ2v) is 4.78. The van der Waals surface area contributed by atoms with Crippen molar-refractivity contribution in [2.75, 3.05) is 0 Å². The Bertz CT molecular complexity index is 277. The number of aliphatic carboxylic acids is 1. The van der Waals surface area contributed by atoms with E-state index in [-0.39, 0.29) is 24.2 Å². The molecular formula is C10H14O4. The summed E-state index contributed by atoms with van der Waals surface area (Å²) in [6.07, 6.45) is 1.84. The van der Waals surface area contributed by atoms with Crippen LogP contribution in [-0.4, -0.2) is 34.5 Å². The number of ether oxygens (including phenoxy) is 1. The van der Waals surface area contributed by atoms with Crippen LogP contribution in [0.15, 0.2) is 0 Å². The van der Waals surface area contributed by atoms with Gasteiger partial charge < -0.3 is 14.9 Å². The first-order valence-corrected chi connectivity index (χ1v) is 5.23. The molecule has 0 radical (unpaired) electrons. The normalized spacial score (nSPS) is 54.9. The lowest BCUT2D eigenvalue weighted by molar-refractivity contribution is -0.142. The van der Waals surface area contributed by atoms with Gasteiger partial charge >= 0.3 is 5.97 Å². The van der Waals surface area contributed by atoms with Gasteiger partial charge in [-0.1, -0.05) is 0 Å². The number of carboxylic acids is 1. The third kappa shape index (κ3) is 0.982. The molecule has 2 heterocycles. The van der Waals surface area contributed by atoms with Gasteiger partial charge in [0.15, 0.2) is 0 Å². The van der Waals surface area contributed by atoms with E-state index in [2.05, 4.69) is 0 Å². The van der Waals surface area contributed by atoms with Crippen LogP contribution < -0.4 is 0 Å². The number of carbonyl (C=O) groups is 1. The molecule has 14 heavy (non-hydrogen) atoms. The summed E-state index contributed by atoms with van der Waals surface area (Å²) in [5.41, 5.74) is 0. The van der Waals surface area contributed by atoms with Gasteiger partial charge in [-0.15, -0.1) is 0 Å². The van der Waals surface area contributed by atoms with E-state index in [1.165, 1.54) is 0 Å². The van der Waals surface area contributed by atoms with E-state index in [1.807, 2.05) is 0 Å². The summed E-state index contributed by atoms with van der Waals surface area (Å²) in [6.45, 7) is 0. The van der Waals surface area contributed by atoms with Crippen molar-refractivity contribution in [1.29, 1.82) is 0 Å². The van der Waals surface area contributed by atoms with Gasteiger partial charge in [-0.3, -0.25) is 4.79 Å². The minimum absolute atomic E-state index is 0.0747. The lowest BCUT2D eigenvalue weighted by Gasteiger charge is -2.23. The second-order valence-electron chi connectivity index (χ2n) is 4.78. The monoisotopic (exact) mass is 198 g/mol. The highest BCUT2D eigenvalue weighted by molar-refractivity contribution is 5.70. The molecule has 0 spiro atoms. The van der Waals surface area contributed by atoms with Gasteiger partial charge in [0.25, 0.3) is 0 Å². The molecule has 1 saturated carbocycles. The van der Waals surface area contributed by atoms with Crippen LogP contribution in [0.1, 0.15) is 19.3 Å². The van der Waals surface area contributed by atoms with Gasteiger partial charge in [-0.2, -0.15) is 0 Å². The van der Waals surface area contributed by atoms with E-state index >= 15 is 0 Å². The van der Waals surface area contributed by atoms with Gasteiger partial charge in [0.1, 0.15) is 0 Å². The van der Waals surface area contributed by atoms with Crippen LogP contribution >= 0.6 is 0 Å². The lowest BCUT2D eigenvalue weighted by atomic mass is 9.80. The number of rotatable bonds is 1. The maximum Gasteiger partial charge on any atom is 0.306 e. The maximum absolute atomic E-state index is 10.8. The quantitative estimate of drug-likeness (QED) is 0.633. The van der Waals surface area contributed by atoms with Crippen molar-refractivity contribution < 1.29 is 19.7 Å². The van der Waals surface area contributed by atoms with Crippen LogP contribution in [0.25, 0.3) is 0 Å². The standard InChI is InChI=1S/C10H14O4/c11-7-3-8-5-1-4(10(12)13)2-6(5)9(7)14-8/h4-9,11H,1-3H2,(H,12,13). The smallest absolute Gasteiger partial charge is 0.306 e. The largest absolute Gasteiger partial charge is 0.481 e. The van der Waals surface area contributed by atoms with E-state index in [9.17, 15) is 9.90 Å². The average Bonchev–Trinajstić information content (AvgIpc) is 2.70. The Morgan fingerprint density at radius 2 is 1.93 bits per heavy atom. The third-order valence-corrected chi connectivity index (χ3v) is 4.10. The maximum atomic E-state index is 10.8. The summed E-state index contributed by atoms with van der Waals surface area (Å²) in [7, 11) is 0. The van der Waals surface area contributed by atoms with Crippen molar-refractivity contribution in [3.8, 4) is 0 Å². The van der Waals surface area contributed by atoms with Crippen molar-refractivity contribution in [2.24, 2.45) is 17.8 Å². The number of fused-ring (bicyclic) bond motifs is 5. The van der Waals surface area contributed by atoms with E-state index in [4.69, 9.17) is 9.84 Å². The fourth-order valence-corrected chi connectivity index (χ4v) is 3.49. The molecule has 2 N–H and O–H groups in total. The molecule has 0 aromatic rings. The van der Waals surface area contributed by atoms with Crippen molar-refractivity contribution >= 4 is 5.97 Å². The molecule has 4 nitrogen and oxygen atoms in total. The minimum Gasteiger partial charge on any atom is -0.481 e. The SMILES string of the molecule is O=C(O)C1CC2C3CC(O)C(O3)C2C1. The minimum atomic E-state index is -0.687. The topological polar surface area (TPSA) is 66.8 Å². The van der Waals surface area contributed by atoms with Crippen LogP contribution in [0.3, 0.4) is 0 Å². The van der Waals surface area contributed by atoms with Crippen LogP contribution in [-0.2, 0) is 9.53 Å². The molecule has 3 fully saturated rings. The molecule has 0 amide bonds. The van der Waals surface area contributed by atoms with Gasteiger partial charge in [0.05, 0.1) is 24.2 Å². The fraction of sp³-hybridized carbons (Fsp3) is 0.900. The first kappa shape index (κ1) is 8.68. The second kappa shape index (κ2) is 2.70. The molecule has 1 aliphatic carbocycles. The van der Waals surface area contributed by atoms with E-state index < -0.39 is 5.97 Å². The molecule has 6 unspecified atom stereocenters. The molecule has 3 rings (SSSR count). The number of hydrogen-bond acceptors (Lipinski definition) is 3. The molecule has 6 atom stereocenters. The fourth-order valence-electron chi connectivity index (χ4n) is 3.49. The molecule has 78 valence electrons. The average molecular weight is 198 g/mol. The Morgan fingerprint density at radius 3 is 2.64 bits per heavy atom. The summed E-state index contributed by atoms with van der Waals surface area (Å²) in [5.74, 6) is -0.202. The third-order valence-electron chi connectivity index (χ3n) is 4.10. The van der Waals surface area contributed by atoms with Gasteiger partial charge in [0, 0.05) is 6.42 Å². The Hall–Kier alpha value is -0.610. The number of aliphatic hydroxyl groups excluding tert-OH is 1. The molecule has 0 aromatic heterocycles. The number of carboxylic acid groups (broad SMARTS) is 1. The Labute approximate surface area is 81.9 Å². The van der Waals surface area contributed by atoms with Crippen LogP contribution in [0.5, 0.6) is 0 Å². The van der Waals surface area contributed by atoms with Crippen molar-refractivity contribution in [2.45, 2.75) is 37.6 Å². The summed E-state index contributed by atoms with van der Waals surface area (Å²) in [4.78, 5) is 10.8. The number of aliphatic hydroxyl groups is 1. The summed E-state index contributed by atoms with van der Waals surface area (Å²) >= 11 is 0. The van der Waals surface area contributed by atoms with Gasteiger partial charge in [-0.05, 0) is 24.7 Å². The van der Waals surface area contributed by atoms with Gasteiger partial charge in [-0.25, -0.2) is 0 Å². The van der Waals surface area contributed by atoms with Crippen LogP contribution in [0.2, 0.25) is 0 Å². The Kier molecular flexibility index (Phi) is 1.67. The van der Waals surface area contributed by atoms with E-state index in [1.54, 1.807) is 0 Å². The molecule has 2 aliphatic heterocycles. The molecule has 3 aliphatic rings. The molecule has 4 heteroatoms. The highest BCUT2D eigenvalue weighted by atomic mass is 16.5. The highest BCUT2D eigenvalue weighted by Gasteiger charge is 2.58. The summed E-state index contributed by atoms with van der Waals surface area (Å²) in [5, 5.41) is 18.5. The lowest BCUT2D eigenvalue weighted by Crippen LogP contribution is -2.33. The summed E-state index contributed by atoms with van der Waals surface area (Å²) < 4.78 is 5.64. The summed E-state index contributed by atoms with van der Waals surface area (Å²) in [6, 6.07) is 0. The zero-order valence-corrected chi connectivity index (χ0v) is 7.80. The molecule has 2 saturated heterocycles. The predicted octanol–water partition coefficient (Wildman–Crippen LogP) is 0.245. The van der Waals surface area contributed by atoms with Crippen molar-refractivity contribution in [3.63, 3.8) is 0 Å². The van der Waals surface area contributed by atoms with Crippen molar-refractivity contribution in [1.82, 2.24) is 0 Å². The zero-order valence-electron chi connectivity index (χ0n) is 7.80. The molecule has 2 bridgehead atoms. The van der Waals surface area contributed by atoms with Crippen LogP contribution in [0, 0.1) is 17.8 Å². The van der Waals surface area contributed by atoms with E-state index in [0.717, 1.165) is 6.42 Å². The predicted molar refractivity (Wildman–Crippen MR) is 46.6 cm³/mol. The molecule has 0 aromatic carbocycles.